The first-order chi connectivity index (χ1) is 9.90. The molecule has 2 amide bonds. The smallest absolute Gasteiger partial charge is 0.396 e. The number of hydrogen-bond acceptors (Lipinski definition) is 2. The molecule has 0 aromatic heterocycles. The normalized spacial score (nSPS) is 22.1. The van der Waals surface area contributed by atoms with Gasteiger partial charge in [0, 0.05) is 24.3 Å². The number of anilines is 1. The second kappa shape index (κ2) is 6.34. The van der Waals surface area contributed by atoms with Crippen molar-refractivity contribution >= 4 is 11.7 Å². The van der Waals surface area contributed by atoms with Crippen LogP contribution in [0.2, 0.25) is 0 Å². The molecule has 0 saturated heterocycles. The van der Waals surface area contributed by atoms with Crippen LogP contribution in [0.15, 0.2) is 24.3 Å². The van der Waals surface area contributed by atoms with Gasteiger partial charge in [-0.3, -0.25) is 0 Å². The molecule has 1 aromatic carbocycles. The third kappa shape index (κ3) is 4.10. The molecule has 4 nitrogen and oxygen atoms in total. The lowest BCUT2D eigenvalue weighted by atomic mass is 10.1. The first-order valence-corrected chi connectivity index (χ1v) is 6.76. The van der Waals surface area contributed by atoms with E-state index in [1.165, 1.54) is 12.1 Å². The zero-order chi connectivity index (χ0) is 15.5. The molecule has 21 heavy (non-hydrogen) atoms. The Morgan fingerprint density at radius 1 is 1.24 bits per heavy atom. The van der Waals surface area contributed by atoms with E-state index in [1.807, 2.05) is 0 Å². The molecule has 0 aliphatic heterocycles. The summed E-state index contributed by atoms with van der Waals surface area (Å²) in [4.78, 5) is 11.8. The van der Waals surface area contributed by atoms with Crippen molar-refractivity contribution < 1.29 is 23.1 Å². The summed E-state index contributed by atoms with van der Waals surface area (Å²) in [5, 5.41) is 14.4. The molecule has 0 radical (unpaired) electrons. The van der Waals surface area contributed by atoms with Gasteiger partial charge in [-0.1, -0.05) is 6.42 Å². The number of amides is 2. The lowest BCUT2D eigenvalue weighted by Gasteiger charge is -2.19. The number of carbonyl (C=O) groups excluding carboxylic acids is 1. The van der Waals surface area contributed by atoms with Crippen LogP contribution < -0.4 is 10.6 Å². The largest absolute Gasteiger partial charge is 0.416 e. The van der Waals surface area contributed by atoms with E-state index < -0.39 is 17.8 Å². The Labute approximate surface area is 120 Å². The summed E-state index contributed by atoms with van der Waals surface area (Å²) in [5.74, 6) is 0.0448. The number of alkyl halides is 3. The highest BCUT2D eigenvalue weighted by Crippen LogP contribution is 2.30. The Bertz CT molecular complexity index is 488. The maximum absolute atomic E-state index is 12.4. The van der Waals surface area contributed by atoms with E-state index in [-0.39, 0.29) is 18.6 Å². The molecule has 1 saturated carbocycles. The van der Waals surface area contributed by atoms with E-state index in [1.54, 1.807) is 0 Å². The molecule has 1 aliphatic carbocycles. The van der Waals surface area contributed by atoms with Crippen LogP contribution in [0.3, 0.4) is 0 Å². The van der Waals surface area contributed by atoms with Crippen LogP contribution >= 0.6 is 0 Å². The highest BCUT2D eigenvalue weighted by Gasteiger charge is 2.30. The van der Waals surface area contributed by atoms with Crippen LogP contribution in [-0.2, 0) is 6.18 Å². The second-order valence-corrected chi connectivity index (χ2v) is 5.15. The van der Waals surface area contributed by atoms with E-state index >= 15 is 0 Å². The van der Waals surface area contributed by atoms with Crippen molar-refractivity contribution in [1.29, 1.82) is 0 Å². The van der Waals surface area contributed by atoms with Crippen molar-refractivity contribution in [1.82, 2.24) is 5.32 Å². The van der Waals surface area contributed by atoms with Gasteiger partial charge in [0.05, 0.1) is 5.56 Å². The third-order valence-electron chi connectivity index (χ3n) is 3.68. The van der Waals surface area contributed by atoms with Gasteiger partial charge in [-0.15, -0.1) is 0 Å². The fraction of sp³-hybridized carbons (Fsp3) is 0.500. The Hall–Kier alpha value is -1.76. The number of halogens is 3. The fourth-order valence-corrected chi connectivity index (χ4v) is 2.52. The van der Waals surface area contributed by atoms with Gasteiger partial charge in [-0.05, 0) is 37.1 Å². The predicted molar refractivity (Wildman–Crippen MR) is 71.8 cm³/mol. The number of benzene rings is 1. The fourth-order valence-electron chi connectivity index (χ4n) is 2.52. The van der Waals surface area contributed by atoms with E-state index in [0.29, 0.717) is 5.69 Å². The molecule has 0 spiro atoms. The van der Waals surface area contributed by atoms with Gasteiger partial charge in [-0.25, -0.2) is 4.79 Å². The molecular weight excluding hydrogens is 285 g/mol. The molecule has 3 N–H and O–H groups in total. The summed E-state index contributed by atoms with van der Waals surface area (Å²) in [6.45, 7) is 0.0191. The van der Waals surface area contributed by atoms with Crippen molar-refractivity contribution in [2.24, 2.45) is 5.92 Å². The number of aliphatic hydroxyl groups is 1. The van der Waals surface area contributed by atoms with Crippen LogP contribution in [0, 0.1) is 5.92 Å². The standard InChI is InChI=1S/C14H17F3N2O2/c15-14(16,17)10-4-6-11(7-5-10)18-13(21)19-12-3-1-2-9(12)8-20/h4-7,9,12,20H,1-3,8H2,(H2,18,19,21). The van der Waals surface area contributed by atoms with E-state index in [2.05, 4.69) is 10.6 Å². The predicted octanol–water partition coefficient (Wildman–Crippen LogP) is 2.99. The Balaban J connectivity index is 1.91. The molecule has 2 rings (SSSR count). The monoisotopic (exact) mass is 302 g/mol. The number of carbonyl (C=O) groups is 1. The number of hydrogen-bond donors (Lipinski definition) is 3. The quantitative estimate of drug-likeness (QED) is 0.804. The molecule has 2 unspecified atom stereocenters. The molecule has 0 bridgehead atoms. The Kier molecular flexibility index (Phi) is 4.72. The lowest BCUT2D eigenvalue weighted by Crippen LogP contribution is -2.41. The minimum absolute atomic E-state index is 0.0191. The molecule has 7 heteroatoms. The van der Waals surface area contributed by atoms with Crippen LogP contribution in [0.25, 0.3) is 0 Å². The van der Waals surface area contributed by atoms with Gasteiger partial charge in [0.25, 0.3) is 0 Å². The third-order valence-corrected chi connectivity index (χ3v) is 3.68. The summed E-state index contributed by atoms with van der Waals surface area (Å²) in [6.07, 6.45) is -1.79. The van der Waals surface area contributed by atoms with Crippen molar-refractivity contribution in [3.8, 4) is 0 Å². The summed E-state index contributed by atoms with van der Waals surface area (Å²) >= 11 is 0. The van der Waals surface area contributed by atoms with Gasteiger partial charge in [0.1, 0.15) is 0 Å². The zero-order valence-electron chi connectivity index (χ0n) is 11.3. The maximum Gasteiger partial charge on any atom is 0.416 e. The highest BCUT2D eigenvalue weighted by molar-refractivity contribution is 5.89. The summed E-state index contributed by atoms with van der Waals surface area (Å²) in [6, 6.07) is 3.69. The minimum atomic E-state index is -4.39. The van der Waals surface area contributed by atoms with Crippen LogP contribution in [0.5, 0.6) is 0 Å². The highest BCUT2D eigenvalue weighted by atomic mass is 19.4. The first-order valence-electron chi connectivity index (χ1n) is 6.76. The van der Waals surface area contributed by atoms with E-state index in [9.17, 15) is 18.0 Å². The summed E-state index contributed by atoms with van der Waals surface area (Å²) in [5.41, 5.74) is -0.469. The Morgan fingerprint density at radius 2 is 1.90 bits per heavy atom. The summed E-state index contributed by atoms with van der Waals surface area (Å²) < 4.78 is 37.2. The Morgan fingerprint density at radius 3 is 2.48 bits per heavy atom. The van der Waals surface area contributed by atoms with Gasteiger partial charge in [-0.2, -0.15) is 13.2 Å². The molecule has 1 fully saturated rings. The van der Waals surface area contributed by atoms with Crippen molar-refractivity contribution in [3.05, 3.63) is 29.8 Å². The molecule has 1 aromatic rings. The first kappa shape index (κ1) is 15.6. The number of aliphatic hydroxyl groups excluding tert-OH is 1. The minimum Gasteiger partial charge on any atom is -0.396 e. The van der Waals surface area contributed by atoms with E-state index in [0.717, 1.165) is 31.4 Å². The molecular formula is C14H17F3N2O2. The SMILES string of the molecule is O=C(Nc1ccc(C(F)(F)F)cc1)NC1CCCC1CO. The zero-order valence-corrected chi connectivity index (χ0v) is 11.3. The topological polar surface area (TPSA) is 61.4 Å². The van der Waals surface area contributed by atoms with Crippen LogP contribution in [0.4, 0.5) is 23.7 Å². The molecule has 1 aliphatic rings. The number of rotatable bonds is 3. The van der Waals surface area contributed by atoms with Gasteiger partial charge in [0.2, 0.25) is 0 Å². The summed E-state index contributed by atoms with van der Waals surface area (Å²) in [7, 11) is 0. The van der Waals surface area contributed by atoms with Crippen molar-refractivity contribution in [3.63, 3.8) is 0 Å². The molecule has 2 atom stereocenters. The van der Waals surface area contributed by atoms with Crippen molar-refractivity contribution in [2.45, 2.75) is 31.5 Å². The maximum atomic E-state index is 12.4. The number of urea groups is 1. The van der Waals surface area contributed by atoms with Gasteiger partial charge >= 0.3 is 12.2 Å². The molecule has 0 heterocycles. The molecule has 116 valence electrons. The van der Waals surface area contributed by atoms with Gasteiger partial charge < -0.3 is 15.7 Å². The number of nitrogens with one attached hydrogen (secondary N) is 2. The van der Waals surface area contributed by atoms with Crippen LogP contribution in [0.1, 0.15) is 24.8 Å². The lowest BCUT2D eigenvalue weighted by molar-refractivity contribution is -0.137. The van der Waals surface area contributed by atoms with Gasteiger partial charge in [0.15, 0.2) is 0 Å². The average molecular weight is 302 g/mol. The van der Waals surface area contributed by atoms with Crippen LogP contribution in [-0.4, -0.2) is 23.8 Å². The van der Waals surface area contributed by atoms with Crippen molar-refractivity contribution in [2.75, 3.05) is 11.9 Å². The second-order valence-electron chi connectivity index (χ2n) is 5.15. The van der Waals surface area contributed by atoms with E-state index in [4.69, 9.17) is 5.11 Å². The average Bonchev–Trinajstić information content (AvgIpc) is 2.85.